The number of nitrogens with two attached hydrogens (primary N) is 1. The number of benzene rings is 2. The molecule has 0 aliphatic carbocycles. The number of carbonyl (C=O) groups excluding carboxylic acids is 1. The molecule has 1 amide bonds. The van der Waals surface area contributed by atoms with Crippen LogP contribution in [0.2, 0.25) is 0 Å². The largest absolute Gasteiger partial charge is 0.488 e. The minimum atomic E-state index is -0.476. The Balaban J connectivity index is 2.16. The van der Waals surface area contributed by atoms with E-state index in [0.717, 1.165) is 11.1 Å². The molecule has 0 aliphatic heterocycles. The highest BCUT2D eigenvalue weighted by molar-refractivity contribution is 5.95. The van der Waals surface area contributed by atoms with Gasteiger partial charge in [0.2, 0.25) is 0 Å². The van der Waals surface area contributed by atoms with E-state index in [4.69, 9.17) is 10.5 Å². The molecule has 2 rings (SSSR count). The van der Waals surface area contributed by atoms with Crippen molar-refractivity contribution in [2.45, 2.75) is 13.5 Å². The third-order valence-corrected chi connectivity index (χ3v) is 2.80. The van der Waals surface area contributed by atoms with Crippen molar-refractivity contribution in [3.8, 4) is 5.75 Å². The average molecular weight is 241 g/mol. The number of amides is 1. The normalized spacial score (nSPS) is 10.1. The van der Waals surface area contributed by atoms with E-state index in [1.54, 1.807) is 18.2 Å². The van der Waals surface area contributed by atoms with Crippen LogP contribution in [-0.2, 0) is 6.61 Å². The predicted octanol–water partition coefficient (Wildman–Crippen LogP) is 2.67. The van der Waals surface area contributed by atoms with Gasteiger partial charge in [0.25, 0.3) is 5.91 Å². The summed E-state index contributed by atoms with van der Waals surface area (Å²) < 4.78 is 5.66. The van der Waals surface area contributed by atoms with Crippen LogP contribution in [0.4, 0.5) is 0 Å². The van der Waals surface area contributed by atoms with E-state index in [0.29, 0.717) is 17.9 Å². The quantitative estimate of drug-likeness (QED) is 0.894. The van der Waals surface area contributed by atoms with Crippen LogP contribution < -0.4 is 10.5 Å². The van der Waals surface area contributed by atoms with Crippen LogP contribution in [-0.4, -0.2) is 5.91 Å². The van der Waals surface area contributed by atoms with E-state index < -0.39 is 5.91 Å². The SMILES string of the molecule is Cc1ccccc1COc1ccccc1C(N)=O. The van der Waals surface area contributed by atoms with E-state index in [-0.39, 0.29) is 0 Å². The van der Waals surface area contributed by atoms with E-state index >= 15 is 0 Å². The maximum Gasteiger partial charge on any atom is 0.252 e. The highest BCUT2D eigenvalue weighted by Gasteiger charge is 2.08. The van der Waals surface area contributed by atoms with Gasteiger partial charge in [0, 0.05) is 0 Å². The first-order chi connectivity index (χ1) is 8.68. The van der Waals surface area contributed by atoms with Crippen molar-refractivity contribution in [1.82, 2.24) is 0 Å². The standard InChI is InChI=1S/C15H15NO2/c1-11-6-2-3-7-12(11)10-18-14-9-5-4-8-13(14)15(16)17/h2-9H,10H2,1H3,(H2,16,17). The van der Waals surface area contributed by atoms with E-state index in [1.807, 2.05) is 37.3 Å². The molecule has 2 aromatic carbocycles. The minimum Gasteiger partial charge on any atom is -0.488 e. The van der Waals surface area contributed by atoms with Crippen LogP contribution in [0.1, 0.15) is 21.5 Å². The Morgan fingerprint density at radius 1 is 1.11 bits per heavy atom. The van der Waals surface area contributed by atoms with Gasteiger partial charge in [-0.1, -0.05) is 36.4 Å². The summed E-state index contributed by atoms with van der Waals surface area (Å²) in [6.07, 6.45) is 0. The molecule has 0 saturated carbocycles. The topological polar surface area (TPSA) is 52.3 Å². The zero-order chi connectivity index (χ0) is 13.0. The Morgan fingerprint density at radius 3 is 2.50 bits per heavy atom. The van der Waals surface area contributed by atoms with Gasteiger partial charge in [-0.05, 0) is 30.2 Å². The second kappa shape index (κ2) is 5.36. The maximum absolute atomic E-state index is 11.2. The first-order valence-electron chi connectivity index (χ1n) is 5.74. The van der Waals surface area contributed by atoms with Crippen LogP contribution in [0.5, 0.6) is 5.75 Å². The van der Waals surface area contributed by atoms with Gasteiger partial charge >= 0.3 is 0 Å². The zero-order valence-corrected chi connectivity index (χ0v) is 10.2. The molecule has 18 heavy (non-hydrogen) atoms. The smallest absolute Gasteiger partial charge is 0.252 e. The Hall–Kier alpha value is -2.29. The van der Waals surface area contributed by atoms with Crippen molar-refractivity contribution in [3.63, 3.8) is 0 Å². The van der Waals surface area contributed by atoms with Crippen LogP contribution in [0.15, 0.2) is 48.5 Å². The second-order valence-electron chi connectivity index (χ2n) is 4.08. The van der Waals surface area contributed by atoms with Crippen LogP contribution in [0.25, 0.3) is 0 Å². The Labute approximate surface area is 106 Å². The van der Waals surface area contributed by atoms with Gasteiger partial charge in [-0.2, -0.15) is 0 Å². The maximum atomic E-state index is 11.2. The summed E-state index contributed by atoms with van der Waals surface area (Å²) in [6, 6.07) is 15.0. The number of primary amides is 1. The molecule has 92 valence electrons. The molecule has 0 aliphatic rings. The first-order valence-corrected chi connectivity index (χ1v) is 5.74. The van der Waals surface area contributed by atoms with Crippen molar-refractivity contribution < 1.29 is 9.53 Å². The second-order valence-corrected chi connectivity index (χ2v) is 4.08. The summed E-state index contributed by atoms with van der Waals surface area (Å²) in [5, 5.41) is 0. The molecule has 0 aromatic heterocycles. The number of hydrogen-bond donors (Lipinski definition) is 1. The average Bonchev–Trinajstić information content (AvgIpc) is 2.38. The first kappa shape index (κ1) is 12.2. The number of hydrogen-bond acceptors (Lipinski definition) is 2. The minimum absolute atomic E-state index is 0.408. The lowest BCUT2D eigenvalue weighted by Gasteiger charge is -2.10. The third kappa shape index (κ3) is 2.69. The lowest BCUT2D eigenvalue weighted by molar-refractivity contribution is 0.0996. The number of ether oxygens (including phenoxy) is 1. The molecule has 0 fully saturated rings. The van der Waals surface area contributed by atoms with Gasteiger partial charge in [0.1, 0.15) is 12.4 Å². The molecular formula is C15H15NO2. The van der Waals surface area contributed by atoms with Crippen molar-refractivity contribution >= 4 is 5.91 Å². The number of aryl methyl sites for hydroxylation is 1. The highest BCUT2D eigenvalue weighted by atomic mass is 16.5. The van der Waals surface area contributed by atoms with Crippen LogP contribution in [0, 0.1) is 6.92 Å². The summed E-state index contributed by atoms with van der Waals surface area (Å²) in [5.74, 6) is 0.0450. The zero-order valence-electron chi connectivity index (χ0n) is 10.2. The summed E-state index contributed by atoms with van der Waals surface area (Å²) in [4.78, 5) is 11.2. The number of para-hydroxylation sites is 1. The number of rotatable bonds is 4. The molecule has 3 heteroatoms. The van der Waals surface area contributed by atoms with Crippen molar-refractivity contribution in [3.05, 3.63) is 65.2 Å². The molecule has 0 saturated heterocycles. The van der Waals surface area contributed by atoms with Gasteiger partial charge in [-0.15, -0.1) is 0 Å². The van der Waals surface area contributed by atoms with Crippen molar-refractivity contribution in [2.75, 3.05) is 0 Å². The molecule has 2 aromatic rings. The summed E-state index contributed by atoms with van der Waals surface area (Å²) in [7, 11) is 0. The molecule has 0 spiro atoms. The fraction of sp³-hybridized carbons (Fsp3) is 0.133. The number of carbonyl (C=O) groups is 1. The van der Waals surface area contributed by atoms with Gasteiger partial charge < -0.3 is 10.5 Å². The molecule has 0 radical (unpaired) electrons. The van der Waals surface area contributed by atoms with Crippen LogP contribution in [0.3, 0.4) is 0 Å². The van der Waals surface area contributed by atoms with Gasteiger partial charge in [-0.25, -0.2) is 0 Å². The molecule has 2 N–H and O–H groups in total. The summed E-state index contributed by atoms with van der Waals surface area (Å²) >= 11 is 0. The van der Waals surface area contributed by atoms with Gasteiger partial charge in [0.15, 0.2) is 0 Å². The molecule has 0 heterocycles. The molecule has 3 nitrogen and oxygen atoms in total. The molecular weight excluding hydrogens is 226 g/mol. The lowest BCUT2D eigenvalue weighted by Crippen LogP contribution is -2.13. The molecule has 0 bridgehead atoms. The summed E-state index contributed by atoms with van der Waals surface area (Å²) in [6.45, 7) is 2.45. The Morgan fingerprint density at radius 2 is 1.78 bits per heavy atom. The van der Waals surface area contributed by atoms with Crippen LogP contribution >= 0.6 is 0 Å². The molecule has 0 unspecified atom stereocenters. The van der Waals surface area contributed by atoms with E-state index in [9.17, 15) is 4.79 Å². The third-order valence-electron chi connectivity index (χ3n) is 2.80. The van der Waals surface area contributed by atoms with Gasteiger partial charge in [-0.3, -0.25) is 4.79 Å². The molecule has 0 atom stereocenters. The Bertz CT molecular complexity index is 564. The van der Waals surface area contributed by atoms with E-state index in [1.165, 1.54) is 0 Å². The fourth-order valence-corrected chi connectivity index (χ4v) is 1.72. The van der Waals surface area contributed by atoms with Crippen molar-refractivity contribution in [2.24, 2.45) is 5.73 Å². The predicted molar refractivity (Wildman–Crippen MR) is 70.5 cm³/mol. The van der Waals surface area contributed by atoms with Gasteiger partial charge in [0.05, 0.1) is 5.56 Å². The lowest BCUT2D eigenvalue weighted by atomic mass is 10.1. The van der Waals surface area contributed by atoms with E-state index in [2.05, 4.69) is 0 Å². The fourth-order valence-electron chi connectivity index (χ4n) is 1.72. The summed E-state index contributed by atoms with van der Waals surface area (Å²) in [5.41, 5.74) is 7.96. The highest BCUT2D eigenvalue weighted by Crippen LogP contribution is 2.19. The van der Waals surface area contributed by atoms with Crippen molar-refractivity contribution in [1.29, 1.82) is 0 Å². The Kier molecular flexibility index (Phi) is 3.63. The monoisotopic (exact) mass is 241 g/mol.